The van der Waals surface area contributed by atoms with E-state index < -0.39 is 0 Å². The maximum Gasteiger partial charge on any atom is 0.226 e. The summed E-state index contributed by atoms with van der Waals surface area (Å²) < 4.78 is 0. The highest BCUT2D eigenvalue weighted by molar-refractivity contribution is 5.82. The third-order valence-corrected chi connectivity index (χ3v) is 3.13. The number of hydrogen-bond donors (Lipinski definition) is 1. The van der Waals surface area contributed by atoms with Crippen LogP contribution in [0.3, 0.4) is 0 Å². The van der Waals surface area contributed by atoms with Crippen molar-refractivity contribution in [3.63, 3.8) is 0 Å². The summed E-state index contributed by atoms with van der Waals surface area (Å²) >= 11 is 0. The molecular formula is C14H27NO. The molecule has 0 aliphatic rings. The SMILES string of the molecule is C=CCC(C)(CC)C(=O)NC(C)CC(C)C. The fourth-order valence-corrected chi connectivity index (χ4v) is 1.88. The van der Waals surface area contributed by atoms with E-state index in [0.29, 0.717) is 5.92 Å². The van der Waals surface area contributed by atoms with Crippen molar-refractivity contribution in [2.75, 3.05) is 0 Å². The van der Waals surface area contributed by atoms with Crippen molar-refractivity contribution in [3.8, 4) is 0 Å². The molecule has 0 bridgehead atoms. The molecule has 0 spiro atoms. The van der Waals surface area contributed by atoms with E-state index in [2.05, 4.69) is 39.6 Å². The molecule has 94 valence electrons. The molecule has 0 heterocycles. The number of carbonyl (C=O) groups excluding carboxylic acids is 1. The van der Waals surface area contributed by atoms with E-state index in [1.807, 2.05) is 13.0 Å². The van der Waals surface area contributed by atoms with Crippen LogP contribution in [0.1, 0.15) is 53.9 Å². The number of allylic oxidation sites excluding steroid dienone is 1. The molecule has 0 rings (SSSR count). The first-order valence-corrected chi connectivity index (χ1v) is 6.27. The summed E-state index contributed by atoms with van der Waals surface area (Å²) in [6, 6.07) is 0.253. The summed E-state index contributed by atoms with van der Waals surface area (Å²) in [4.78, 5) is 12.1. The lowest BCUT2D eigenvalue weighted by atomic mass is 9.82. The first-order chi connectivity index (χ1) is 7.35. The number of nitrogens with one attached hydrogen (secondary N) is 1. The van der Waals surface area contributed by atoms with Crippen LogP contribution in [-0.2, 0) is 4.79 Å². The average molecular weight is 225 g/mol. The molecule has 1 amide bonds. The fourth-order valence-electron chi connectivity index (χ4n) is 1.88. The van der Waals surface area contributed by atoms with Gasteiger partial charge in [-0.1, -0.05) is 33.8 Å². The Balaban J connectivity index is 4.36. The first-order valence-electron chi connectivity index (χ1n) is 6.27. The summed E-state index contributed by atoms with van der Waals surface area (Å²) in [7, 11) is 0. The Hall–Kier alpha value is -0.790. The Morgan fingerprint density at radius 2 is 2.00 bits per heavy atom. The highest BCUT2D eigenvalue weighted by atomic mass is 16.2. The summed E-state index contributed by atoms with van der Waals surface area (Å²) in [5.41, 5.74) is -0.299. The molecule has 1 N–H and O–H groups in total. The molecule has 2 heteroatoms. The lowest BCUT2D eigenvalue weighted by molar-refractivity contribution is -0.131. The van der Waals surface area contributed by atoms with Gasteiger partial charge in [-0.05, 0) is 32.1 Å². The number of hydrogen-bond acceptors (Lipinski definition) is 1. The molecule has 0 aromatic rings. The van der Waals surface area contributed by atoms with Crippen LogP contribution < -0.4 is 5.32 Å². The summed E-state index contributed by atoms with van der Waals surface area (Å²) in [5.74, 6) is 0.769. The summed E-state index contributed by atoms with van der Waals surface area (Å²) in [5, 5.41) is 3.10. The second-order valence-electron chi connectivity index (χ2n) is 5.41. The van der Waals surface area contributed by atoms with Gasteiger partial charge in [0.15, 0.2) is 0 Å². The van der Waals surface area contributed by atoms with Crippen LogP contribution >= 0.6 is 0 Å². The number of amides is 1. The molecule has 0 aliphatic heterocycles. The van der Waals surface area contributed by atoms with Crippen molar-refractivity contribution in [1.82, 2.24) is 5.32 Å². The molecule has 2 atom stereocenters. The van der Waals surface area contributed by atoms with Crippen LogP contribution in [0.5, 0.6) is 0 Å². The predicted octanol–water partition coefficient (Wildman–Crippen LogP) is 3.53. The lowest BCUT2D eigenvalue weighted by Gasteiger charge is -2.28. The van der Waals surface area contributed by atoms with E-state index in [4.69, 9.17) is 0 Å². The van der Waals surface area contributed by atoms with E-state index in [-0.39, 0.29) is 17.4 Å². The van der Waals surface area contributed by atoms with Crippen molar-refractivity contribution in [1.29, 1.82) is 0 Å². The standard InChI is InChI=1S/C14H27NO/c1-7-9-14(6,8-2)13(16)15-12(5)10-11(3)4/h7,11-12H,1,8-10H2,2-6H3,(H,15,16). The van der Waals surface area contributed by atoms with E-state index in [1.54, 1.807) is 0 Å². The van der Waals surface area contributed by atoms with Crippen molar-refractivity contribution < 1.29 is 4.79 Å². The molecular weight excluding hydrogens is 198 g/mol. The van der Waals surface area contributed by atoms with Gasteiger partial charge in [0.2, 0.25) is 5.91 Å². The van der Waals surface area contributed by atoms with Crippen LogP contribution in [0.4, 0.5) is 0 Å². The van der Waals surface area contributed by atoms with Crippen LogP contribution in [0, 0.1) is 11.3 Å². The topological polar surface area (TPSA) is 29.1 Å². The summed E-state index contributed by atoms with van der Waals surface area (Å²) in [6.45, 7) is 14.2. The Bertz CT molecular complexity index is 235. The van der Waals surface area contributed by atoms with Gasteiger partial charge in [-0.25, -0.2) is 0 Å². The van der Waals surface area contributed by atoms with Gasteiger partial charge in [0, 0.05) is 11.5 Å². The highest BCUT2D eigenvalue weighted by Crippen LogP contribution is 2.26. The van der Waals surface area contributed by atoms with Gasteiger partial charge in [0.25, 0.3) is 0 Å². The Morgan fingerprint density at radius 1 is 1.44 bits per heavy atom. The number of carbonyl (C=O) groups is 1. The van der Waals surface area contributed by atoms with Crippen molar-refractivity contribution in [2.45, 2.75) is 59.9 Å². The minimum atomic E-state index is -0.299. The molecule has 2 nitrogen and oxygen atoms in total. The zero-order valence-electron chi connectivity index (χ0n) is 11.5. The average Bonchev–Trinajstić information content (AvgIpc) is 2.16. The zero-order valence-corrected chi connectivity index (χ0v) is 11.5. The van der Waals surface area contributed by atoms with E-state index in [9.17, 15) is 4.79 Å². The van der Waals surface area contributed by atoms with E-state index in [1.165, 1.54) is 0 Å². The Kier molecular flexibility index (Phi) is 6.39. The van der Waals surface area contributed by atoms with Gasteiger partial charge >= 0.3 is 0 Å². The third kappa shape index (κ3) is 4.82. The Morgan fingerprint density at radius 3 is 2.38 bits per heavy atom. The van der Waals surface area contributed by atoms with Crippen LogP contribution in [0.25, 0.3) is 0 Å². The Labute approximate surface area is 101 Å². The molecule has 0 fully saturated rings. The van der Waals surface area contributed by atoms with Crippen molar-refractivity contribution >= 4 is 5.91 Å². The van der Waals surface area contributed by atoms with Gasteiger partial charge in [-0.2, -0.15) is 0 Å². The fraction of sp³-hybridized carbons (Fsp3) is 0.786. The van der Waals surface area contributed by atoms with Crippen LogP contribution in [-0.4, -0.2) is 11.9 Å². The minimum Gasteiger partial charge on any atom is -0.353 e. The van der Waals surface area contributed by atoms with Gasteiger partial charge in [-0.15, -0.1) is 6.58 Å². The molecule has 0 aliphatic carbocycles. The van der Waals surface area contributed by atoms with Gasteiger partial charge < -0.3 is 5.32 Å². The first kappa shape index (κ1) is 15.2. The quantitative estimate of drug-likeness (QED) is 0.660. The van der Waals surface area contributed by atoms with Crippen molar-refractivity contribution in [2.24, 2.45) is 11.3 Å². The molecule has 0 aromatic carbocycles. The molecule has 0 saturated heterocycles. The lowest BCUT2D eigenvalue weighted by Crippen LogP contribution is -2.43. The molecule has 2 unspecified atom stereocenters. The second-order valence-corrected chi connectivity index (χ2v) is 5.41. The third-order valence-electron chi connectivity index (χ3n) is 3.13. The van der Waals surface area contributed by atoms with Gasteiger partial charge in [0.1, 0.15) is 0 Å². The monoisotopic (exact) mass is 225 g/mol. The molecule has 0 radical (unpaired) electrons. The maximum absolute atomic E-state index is 12.1. The van der Waals surface area contributed by atoms with Gasteiger partial charge in [0.05, 0.1) is 0 Å². The normalized spacial score (nSPS) is 16.6. The van der Waals surface area contributed by atoms with E-state index >= 15 is 0 Å². The van der Waals surface area contributed by atoms with E-state index in [0.717, 1.165) is 19.3 Å². The maximum atomic E-state index is 12.1. The second kappa shape index (κ2) is 6.72. The van der Waals surface area contributed by atoms with Crippen LogP contribution in [0.2, 0.25) is 0 Å². The van der Waals surface area contributed by atoms with Crippen molar-refractivity contribution in [3.05, 3.63) is 12.7 Å². The summed E-state index contributed by atoms with van der Waals surface area (Å²) in [6.07, 6.45) is 4.44. The molecule has 0 saturated carbocycles. The highest BCUT2D eigenvalue weighted by Gasteiger charge is 2.30. The smallest absolute Gasteiger partial charge is 0.226 e. The number of rotatable bonds is 7. The van der Waals surface area contributed by atoms with Crippen LogP contribution in [0.15, 0.2) is 12.7 Å². The zero-order chi connectivity index (χ0) is 12.8. The molecule has 0 aromatic heterocycles. The minimum absolute atomic E-state index is 0.156. The molecule has 16 heavy (non-hydrogen) atoms. The largest absolute Gasteiger partial charge is 0.353 e. The van der Waals surface area contributed by atoms with Gasteiger partial charge in [-0.3, -0.25) is 4.79 Å². The predicted molar refractivity (Wildman–Crippen MR) is 70.3 cm³/mol.